The summed E-state index contributed by atoms with van der Waals surface area (Å²) < 4.78 is 0. The van der Waals surface area contributed by atoms with Crippen LogP contribution in [0.15, 0.2) is 0 Å². The van der Waals surface area contributed by atoms with Crippen LogP contribution in [0.1, 0.15) is 86.0 Å². The fraction of sp³-hybridized carbons (Fsp3) is 1.00. The summed E-state index contributed by atoms with van der Waals surface area (Å²) in [5.74, 6) is 3.03. The van der Waals surface area contributed by atoms with Crippen molar-refractivity contribution in [3.05, 3.63) is 0 Å². The third kappa shape index (κ3) is 2.49. The molecule has 106 valence electrons. The average Bonchev–Trinajstić information content (AvgIpc) is 2.95. The van der Waals surface area contributed by atoms with Crippen LogP contribution in [0.5, 0.6) is 0 Å². The lowest BCUT2D eigenvalue weighted by atomic mass is 9.72. The maximum absolute atomic E-state index is 2.60. The van der Waals surface area contributed by atoms with Crippen molar-refractivity contribution in [3.63, 3.8) is 0 Å². The van der Waals surface area contributed by atoms with Gasteiger partial charge in [-0.3, -0.25) is 0 Å². The third-order valence-corrected chi connectivity index (χ3v) is 6.65. The van der Waals surface area contributed by atoms with Gasteiger partial charge in [-0.05, 0) is 47.8 Å². The number of fused-ring (bicyclic) bond motifs is 1. The van der Waals surface area contributed by atoms with Gasteiger partial charge in [0.2, 0.25) is 0 Å². The van der Waals surface area contributed by atoms with Crippen LogP contribution in [0, 0.1) is 28.6 Å². The lowest BCUT2D eigenvalue weighted by Gasteiger charge is -2.32. The Balaban J connectivity index is 1.79. The van der Waals surface area contributed by atoms with Crippen LogP contribution in [0.4, 0.5) is 0 Å². The molecule has 0 heteroatoms. The second-order valence-electron chi connectivity index (χ2n) is 7.98. The summed E-state index contributed by atoms with van der Waals surface area (Å²) in [5.41, 5.74) is 1.43. The summed E-state index contributed by atoms with van der Waals surface area (Å²) in [7, 11) is 0. The number of hydrogen-bond acceptors (Lipinski definition) is 0. The van der Waals surface area contributed by atoms with E-state index in [1.54, 1.807) is 0 Å². The molecule has 0 saturated heterocycles. The molecule has 0 aromatic carbocycles. The largest absolute Gasteiger partial charge is 0.0654 e. The zero-order chi connectivity index (χ0) is 13.4. The molecule has 0 aromatic heterocycles. The van der Waals surface area contributed by atoms with Crippen LogP contribution in [-0.2, 0) is 0 Å². The van der Waals surface area contributed by atoms with Gasteiger partial charge in [-0.15, -0.1) is 0 Å². The van der Waals surface area contributed by atoms with Gasteiger partial charge in [-0.1, -0.05) is 66.7 Å². The zero-order valence-electron chi connectivity index (χ0n) is 13.4. The second kappa shape index (κ2) is 5.17. The van der Waals surface area contributed by atoms with E-state index >= 15 is 0 Å². The van der Waals surface area contributed by atoms with Crippen LogP contribution in [0.3, 0.4) is 0 Å². The third-order valence-electron chi connectivity index (χ3n) is 6.65. The molecule has 0 amide bonds. The predicted molar refractivity (Wildman–Crippen MR) is 80.6 cm³/mol. The van der Waals surface area contributed by atoms with E-state index in [1.807, 2.05) is 0 Å². The van der Waals surface area contributed by atoms with Crippen LogP contribution in [0.2, 0.25) is 0 Å². The van der Waals surface area contributed by atoms with E-state index in [-0.39, 0.29) is 0 Å². The van der Waals surface area contributed by atoms with Crippen molar-refractivity contribution >= 4 is 0 Å². The van der Waals surface area contributed by atoms with E-state index in [1.165, 1.54) is 51.4 Å². The summed E-state index contributed by atoms with van der Waals surface area (Å²) in [5, 5.41) is 0. The number of rotatable bonds is 7. The summed E-state index contributed by atoms with van der Waals surface area (Å²) in [6.07, 6.45) is 11.7. The van der Waals surface area contributed by atoms with Crippen molar-refractivity contribution in [1.82, 2.24) is 0 Å². The van der Waals surface area contributed by atoms with Crippen molar-refractivity contribution in [2.24, 2.45) is 28.6 Å². The van der Waals surface area contributed by atoms with E-state index in [0.717, 1.165) is 23.2 Å². The highest BCUT2D eigenvalue weighted by molar-refractivity contribution is 5.14. The Kier molecular flexibility index (Phi) is 4.14. The molecule has 2 aliphatic carbocycles. The molecule has 0 heterocycles. The fourth-order valence-corrected chi connectivity index (χ4v) is 5.09. The van der Waals surface area contributed by atoms with Crippen molar-refractivity contribution in [3.8, 4) is 0 Å². The zero-order valence-corrected chi connectivity index (χ0v) is 13.4. The van der Waals surface area contributed by atoms with Gasteiger partial charge in [0.15, 0.2) is 0 Å². The first-order chi connectivity index (χ1) is 8.46. The Morgan fingerprint density at radius 1 is 1.11 bits per heavy atom. The van der Waals surface area contributed by atoms with Crippen LogP contribution < -0.4 is 0 Å². The quantitative estimate of drug-likeness (QED) is 0.515. The minimum absolute atomic E-state index is 0.680. The topological polar surface area (TPSA) is 0 Å². The molecule has 18 heavy (non-hydrogen) atoms. The number of hydrogen-bond donors (Lipinski definition) is 0. The van der Waals surface area contributed by atoms with E-state index < -0.39 is 0 Å². The fourth-order valence-electron chi connectivity index (χ4n) is 5.09. The van der Waals surface area contributed by atoms with Crippen molar-refractivity contribution in [1.29, 1.82) is 0 Å². The van der Waals surface area contributed by atoms with Gasteiger partial charge in [0, 0.05) is 0 Å². The molecule has 5 unspecified atom stereocenters. The minimum atomic E-state index is 0.680. The monoisotopic (exact) mass is 250 g/mol. The molecule has 2 aliphatic rings. The Morgan fingerprint density at radius 3 is 2.33 bits per heavy atom. The molecule has 5 atom stereocenters. The van der Waals surface area contributed by atoms with E-state index in [4.69, 9.17) is 0 Å². The first-order valence-electron chi connectivity index (χ1n) is 8.46. The maximum atomic E-state index is 2.60. The van der Waals surface area contributed by atoms with Crippen molar-refractivity contribution < 1.29 is 0 Å². The molecule has 0 spiro atoms. The molecule has 2 fully saturated rings. The predicted octanol–water partition coefficient (Wildman–Crippen LogP) is 6.06. The minimum Gasteiger partial charge on any atom is -0.0654 e. The van der Waals surface area contributed by atoms with Gasteiger partial charge in [0.25, 0.3) is 0 Å². The molecule has 0 aliphatic heterocycles. The Bertz CT molecular complexity index is 282. The summed E-state index contributed by atoms with van der Waals surface area (Å²) in [6, 6.07) is 0. The van der Waals surface area contributed by atoms with Gasteiger partial charge in [-0.25, -0.2) is 0 Å². The van der Waals surface area contributed by atoms with Crippen molar-refractivity contribution in [2.75, 3.05) is 0 Å². The molecular weight excluding hydrogens is 216 g/mol. The highest BCUT2D eigenvalue weighted by atomic mass is 14.7. The van der Waals surface area contributed by atoms with Gasteiger partial charge in [0.1, 0.15) is 0 Å². The van der Waals surface area contributed by atoms with Gasteiger partial charge in [-0.2, -0.15) is 0 Å². The molecule has 0 N–H and O–H groups in total. The molecule has 2 saturated carbocycles. The highest BCUT2D eigenvalue weighted by Crippen LogP contribution is 2.74. The standard InChI is InChI=1S/C18H34/c1-6-9-15(7-2)10-8-11-18(5)14(3)12-17(4)13-16(17)18/h14-16H,6-13H2,1-5H3. The summed E-state index contributed by atoms with van der Waals surface area (Å²) in [6.45, 7) is 12.4. The summed E-state index contributed by atoms with van der Waals surface area (Å²) in [4.78, 5) is 0. The Labute approximate surface area is 115 Å². The Morgan fingerprint density at radius 2 is 1.83 bits per heavy atom. The van der Waals surface area contributed by atoms with Crippen LogP contribution in [-0.4, -0.2) is 0 Å². The highest BCUT2D eigenvalue weighted by Gasteiger charge is 2.65. The first kappa shape index (κ1) is 14.4. The van der Waals surface area contributed by atoms with Crippen LogP contribution >= 0.6 is 0 Å². The maximum Gasteiger partial charge on any atom is -0.0266 e. The molecule has 2 rings (SSSR count). The lowest BCUT2D eigenvalue weighted by Crippen LogP contribution is -2.24. The molecule has 0 aromatic rings. The van der Waals surface area contributed by atoms with Crippen LogP contribution in [0.25, 0.3) is 0 Å². The van der Waals surface area contributed by atoms with Gasteiger partial charge < -0.3 is 0 Å². The van der Waals surface area contributed by atoms with Gasteiger partial charge >= 0.3 is 0 Å². The van der Waals surface area contributed by atoms with Gasteiger partial charge in [0.05, 0.1) is 0 Å². The second-order valence-corrected chi connectivity index (χ2v) is 7.98. The lowest BCUT2D eigenvalue weighted by molar-refractivity contribution is 0.171. The molecule has 0 bridgehead atoms. The van der Waals surface area contributed by atoms with E-state index in [9.17, 15) is 0 Å². The average molecular weight is 250 g/mol. The molecule has 0 nitrogen and oxygen atoms in total. The van der Waals surface area contributed by atoms with E-state index in [0.29, 0.717) is 5.41 Å². The summed E-state index contributed by atoms with van der Waals surface area (Å²) >= 11 is 0. The molecular formula is C18H34. The van der Waals surface area contributed by atoms with Crippen molar-refractivity contribution in [2.45, 2.75) is 86.0 Å². The van der Waals surface area contributed by atoms with E-state index in [2.05, 4.69) is 34.6 Å². The first-order valence-corrected chi connectivity index (χ1v) is 8.46. The Hall–Kier alpha value is 0. The smallest absolute Gasteiger partial charge is 0.0266 e. The normalized spacial score (nSPS) is 43.8. The molecule has 0 radical (unpaired) electrons. The SMILES string of the molecule is CCCC(CC)CCCC1(C)C(C)CC2(C)CC21.